The van der Waals surface area contributed by atoms with Crippen molar-refractivity contribution in [3.63, 3.8) is 0 Å². The lowest BCUT2D eigenvalue weighted by molar-refractivity contribution is 0.0696. The molecule has 0 spiro atoms. The van der Waals surface area contributed by atoms with Crippen LogP contribution in [0.5, 0.6) is 0 Å². The highest BCUT2D eigenvalue weighted by Crippen LogP contribution is 2.08. The van der Waals surface area contributed by atoms with Crippen LogP contribution < -0.4 is 10.6 Å². The summed E-state index contributed by atoms with van der Waals surface area (Å²) >= 11 is 0. The van der Waals surface area contributed by atoms with Crippen LogP contribution in [0.2, 0.25) is 0 Å². The molecule has 1 aliphatic heterocycles. The second-order valence-corrected chi connectivity index (χ2v) is 5.05. The molecule has 21 heavy (non-hydrogen) atoms. The molecule has 0 saturated carbocycles. The molecule has 0 aromatic carbocycles. The SMILES string of the molecule is O=C(NCCN1CCCCC1)Nc1cncc(C(=O)O)c1. The number of rotatable bonds is 5. The van der Waals surface area contributed by atoms with Crippen molar-refractivity contribution in [1.29, 1.82) is 0 Å². The number of hydrogen-bond donors (Lipinski definition) is 3. The number of likely N-dealkylation sites (tertiary alicyclic amines) is 1. The first-order valence-corrected chi connectivity index (χ1v) is 7.11. The quantitative estimate of drug-likeness (QED) is 0.762. The molecule has 1 aromatic heterocycles. The number of urea groups is 1. The Morgan fingerprint density at radius 2 is 2.00 bits per heavy atom. The minimum Gasteiger partial charge on any atom is -0.478 e. The average Bonchev–Trinajstić information content (AvgIpc) is 2.48. The first-order valence-electron chi connectivity index (χ1n) is 7.11. The Bertz CT molecular complexity index is 501. The lowest BCUT2D eigenvalue weighted by atomic mass is 10.1. The third-order valence-corrected chi connectivity index (χ3v) is 3.41. The van der Waals surface area contributed by atoms with Gasteiger partial charge in [-0.1, -0.05) is 6.42 Å². The Kier molecular flexibility index (Phi) is 5.51. The topological polar surface area (TPSA) is 94.6 Å². The number of carboxylic acid groups (broad SMARTS) is 1. The van der Waals surface area contributed by atoms with Crippen molar-refractivity contribution in [2.45, 2.75) is 19.3 Å². The van der Waals surface area contributed by atoms with Crippen molar-refractivity contribution in [1.82, 2.24) is 15.2 Å². The van der Waals surface area contributed by atoms with Crippen LogP contribution in [-0.4, -0.2) is 53.2 Å². The van der Waals surface area contributed by atoms with E-state index in [-0.39, 0.29) is 11.6 Å². The van der Waals surface area contributed by atoms with E-state index in [4.69, 9.17) is 5.11 Å². The second kappa shape index (κ2) is 7.58. The molecule has 114 valence electrons. The molecular weight excluding hydrogens is 272 g/mol. The van der Waals surface area contributed by atoms with Crippen LogP contribution in [-0.2, 0) is 0 Å². The summed E-state index contributed by atoms with van der Waals surface area (Å²) in [7, 11) is 0. The molecule has 0 atom stereocenters. The van der Waals surface area contributed by atoms with Crippen LogP contribution in [0.1, 0.15) is 29.6 Å². The molecule has 0 radical (unpaired) electrons. The van der Waals surface area contributed by atoms with E-state index < -0.39 is 5.97 Å². The normalized spacial score (nSPS) is 15.4. The van der Waals surface area contributed by atoms with Crippen LogP contribution in [0, 0.1) is 0 Å². The van der Waals surface area contributed by atoms with Crippen molar-refractivity contribution in [2.24, 2.45) is 0 Å². The largest absolute Gasteiger partial charge is 0.478 e. The van der Waals surface area contributed by atoms with Gasteiger partial charge in [0.1, 0.15) is 0 Å². The Balaban J connectivity index is 1.73. The number of carbonyl (C=O) groups is 2. The molecule has 0 aliphatic carbocycles. The van der Waals surface area contributed by atoms with Gasteiger partial charge in [0.15, 0.2) is 0 Å². The van der Waals surface area contributed by atoms with Crippen LogP contribution in [0.3, 0.4) is 0 Å². The van der Waals surface area contributed by atoms with Gasteiger partial charge in [0.2, 0.25) is 0 Å². The number of nitrogens with zero attached hydrogens (tertiary/aromatic N) is 2. The van der Waals surface area contributed by atoms with E-state index in [1.807, 2.05) is 0 Å². The molecule has 7 heteroatoms. The summed E-state index contributed by atoms with van der Waals surface area (Å²) in [5.74, 6) is -1.07. The van der Waals surface area contributed by atoms with Crippen molar-refractivity contribution in [3.05, 3.63) is 24.0 Å². The van der Waals surface area contributed by atoms with Gasteiger partial charge in [-0.25, -0.2) is 9.59 Å². The molecule has 1 aliphatic rings. The third kappa shape index (κ3) is 5.03. The van der Waals surface area contributed by atoms with Crippen molar-refractivity contribution >= 4 is 17.7 Å². The Morgan fingerprint density at radius 1 is 1.24 bits per heavy atom. The number of aromatic nitrogens is 1. The number of pyridine rings is 1. The summed E-state index contributed by atoms with van der Waals surface area (Å²) in [6.07, 6.45) is 6.38. The van der Waals surface area contributed by atoms with E-state index in [0.29, 0.717) is 12.2 Å². The van der Waals surface area contributed by atoms with Crippen LogP contribution >= 0.6 is 0 Å². The smallest absolute Gasteiger partial charge is 0.337 e. The Hall–Kier alpha value is -2.15. The number of aromatic carboxylic acids is 1. The molecule has 2 rings (SSSR count). The Morgan fingerprint density at radius 3 is 2.71 bits per heavy atom. The first-order chi connectivity index (χ1) is 10.1. The van der Waals surface area contributed by atoms with E-state index in [2.05, 4.69) is 20.5 Å². The highest BCUT2D eigenvalue weighted by atomic mass is 16.4. The predicted molar refractivity (Wildman–Crippen MR) is 78.5 cm³/mol. The number of carbonyl (C=O) groups excluding carboxylic acids is 1. The van der Waals surface area contributed by atoms with Gasteiger partial charge >= 0.3 is 12.0 Å². The standard InChI is InChI=1S/C14H20N4O3/c19-13(20)11-8-12(10-15-9-11)17-14(21)16-4-7-18-5-2-1-3-6-18/h8-10H,1-7H2,(H,19,20)(H2,16,17,21). The summed E-state index contributed by atoms with van der Waals surface area (Å²) in [4.78, 5) is 28.6. The van der Waals surface area contributed by atoms with E-state index in [1.54, 1.807) is 0 Å². The summed E-state index contributed by atoms with van der Waals surface area (Å²) in [6, 6.07) is 1.02. The van der Waals surface area contributed by atoms with Crippen LogP contribution in [0.4, 0.5) is 10.5 Å². The molecule has 2 heterocycles. The van der Waals surface area contributed by atoms with Gasteiger partial charge in [0, 0.05) is 19.3 Å². The fourth-order valence-electron chi connectivity index (χ4n) is 2.31. The lowest BCUT2D eigenvalue weighted by Gasteiger charge is -2.26. The number of carboxylic acids is 1. The summed E-state index contributed by atoms with van der Waals surface area (Å²) < 4.78 is 0. The average molecular weight is 292 g/mol. The highest BCUT2D eigenvalue weighted by Gasteiger charge is 2.10. The molecule has 1 saturated heterocycles. The number of hydrogen-bond acceptors (Lipinski definition) is 4. The van der Waals surface area contributed by atoms with Gasteiger partial charge in [0.05, 0.1) is 17.4 Å². The number of piperidine rings is 1. The second-order valence-electron chi connectivity index (χ2n) is 5.05. The van der Waals surface area contributed by atoms with Crippen LogP contribution in [0.15, 0.2) is 18.5 Å². The molecule has 0 bridgehead atoms. The summed E-state index contributed by atoms with van der Waals surface area (Å²) in [5, 5.41) is 14.2. The molecule has 0 unspecified atom stereocenters. The zero-order valence-corrected chi connectivity index (χ0v) is 11.8. The van der Waals surface area contributed by atoms with E-state index in [9.17, 15) is 9.59 Å². The van der Waals surface area contributed by atoms with Gasteiger partial charge < -0.3 is 20.6 Å². The summed E-state index contributed by atoms with van der Waals surface area (Å²) in [5.41, 5.74) is 0.409. The first kappa shape index (κ1) is 15.2. The molecule has 1 aromatic rings. The zero-order chi connectivity index (χ0) is 15.1. The number of nitrogens with one attached hydrogen (secondary N) is 2. The van der Waals surface area contributed by atoms with Gasteiger partial charge in [-0.2, -0.15) is 0 Å². The van der Waals surface area contributed by atoms with Gasteiger partial charge in [0.25, 0.3) is 0 Å². The maximum absolute atomic E-state index is 11.7. The predicted octanol–water partition coefficient (Wildman–Crippen LogP) is 1.39. The van der Waals surface area contributed by atoms with Crippen molar-refractivity contribution in [2.75, 3.05) is 31.5 Å². The van der Waals surface area contributed by atoms with E-state index in [0.717, 1.165) is 19.6 Å². The Labute approximate surface area is 123 Å². The minimum atomic E-state index is -1.07. The highest BCUT2D eigenvalue weighted by molar-refractivity contribution is 5.92. The zero-order valence-electron chi connectivity index (χ0n) is 11.8. The lowest BCUT2D eigenvalue weighted by Crippen LogP contribution is -2.39. The maximum atomic E-state index is 11.7. The summed E-state index contributed by atoms with van der Waals surface area (Å²) in [6.45, 7) is 3.58. The molecule has 7 nitrogen and oxygen atoms in total. The van der Waals surface area contributed by atoms with Crippen molar-refractivity contribution in [3.8, 4) is 0 Å². The third-order valence-electron chi connectivity index (χ3n) is 3.41. The van der Waals surface area contributed by atoms with Crippen molar-refractivity contribution < 1.29 is 14.7 Å². The fraction of sp³-hybridized carbons (Fsp3) is 0.500. The monoisotopic (exact) mass is 292 g/mol. The van der Waals surface area contributed by atoms with Crippen LogP contribution in [0.25, 0.3) is 0 Å². The molecule has 3 N–H and O–H groups in total. The molecular formula is C14H20N4O3. The number of amides is 2. The van der Waals surface area contributed by atoms with Gasteiger partial charge in [-0.3, -0.25) is 4.98 Å². The van der Waals surface area contributed by atoms with Gasteiger partial charge in [-0.15, -0.1) is 0 Å². The van der Waals surface area contributed by atoms with E-state index in [1.165, 1.54) is 37.7 Å². The number of anilines is 1. The van der Waals surface area contributed by atoms with Gasteiger partial charge in [-0.05, 0) is 32.0 Å². The maximum Gasteiger partial charge on any atom is 0.337 e. The van der Waals surface area contributed by atoms with E-state index >= 15 is 0 Å². The minimum absolute atomic E-state index is 0.0427. The molecule has 2 amide bonds. The molecule has 1 fully saturated rings. The fourth-order valence-corrected chi connectivity index (χ4v) is 2.31.